The van der Waals surface area contributed by atoms with Crippen molar-refractivity contribution in [3.05, 3.63) is 23.7 Å². The fraction of sp³-hybridized carbons (Fsp3) is 0.750. The van der Waals surface area contributed by atoms with Crippen molar-refractivity contribution in [1.82, 2.24) is 9.80 Å². The molecule has 1 aromatic rings. The van der Waals surface area contributed by atoms with E-state index in [1.54, 1.807) is 0 Å². The highest BCUT2D eigenvalue weighted by Gasteiger charge is 2.27. The van der Waals surface area contributed by atoms with Crippen LogP contribution >= 0.6 is 0 Å². The van der Waals surface area contributed by atoms with E-state index in [1.807, 2.05) is 17.0 Å². The summed E-state index contributed by atoms with van der Waals surface area (Å²) in [6.45, 7) is 9.72. The molecule has 0 saturated carbocycles. The first-order valence-electron chi connectivity index (χ1n) is 9.87. The molecule has 5 heteroatoms. The van der Waals surface area contributed by atoms with Gasteiger partial charge in [-0.1, -0.05) is 13.8 Å². The fourth-order valence-corrected chi connectivity index (χ4v) is 3.72. The van der Waals surface area contributed by atoms with Gasteiger partial charge in [-0.05, 0) is 63.2 Å². The second-order valence-electron chi connectivity index (χ2n) is 7.61. The summed E-state index contributed by atoms with van der Waals surface area (Å²) < 4.78 is 11.7. The highest BCUT2D eigenvalue weighted by Crippen LogP contribution is 2.21. The summed E-state index contributed by atoms with van der Waals surface area (Å²) in [5.41, 5.74) is 0. The van der Waals surface area contributed by atoms with Gasteiger partial charge in [0, 0.05) is 19.7 Å². The number of hydrogen-bond acceptors (Lipinski definition) is 4. The largest absolute Gasteiger partial charge is 0.455 e. The number of carbonyl (C=O) groups excluding carboxylic acids is 1. The zero-order valence-electron chi connectivity index (χ0n) is 15.7. The van der Waals surface area contributed by atoms with Gasteiger partial charge in [-0.15, -0.1) is 0 Å². The minimum absolute atomic E-state index is 0.00307. The van der Waals surface area contributed by atoms with E-state index in [0.717, 1.165) is 63.7 Å². The standard InChI is InChI=1S/C20H32N2O3/c1-3-13-24-17-5-4-10-22(15-17)20(23)19-7-6-18(25-19)14-21-11-8-16(2)9-12-21/h6-7,16-17H,3-5,8-15H2,1-2H3/t17-/m1/s1. The van der Waals surface area contributed by atoms with E-state index in [-0.39, 0.29) is 12.0 Å². The van der Waals surface area contributed by atoms with E-state index in [0.29, 0.717) is 12.3 Å². The first kappa shape index (κ1) is 18.5. The maximum absolute atomic E-state index is 12.7. The first-order chi connectivity index (χ1) is 12.2. The van der Waals surface area contributed by atoms with Crippen molar-refractivity contribution in [2.45, 2.75) is 58.6 Å². The average Bonchev–Trinajstić information content (AvgIpc) is 3.10. The first-order valence-corrected chi connectivity index (χ1v) is 9.87. The Morgan fingerprint density at radius 2 is 2.04 bits per heavy atom. The van der Waals surface area contributed by atoms with E-state index >= 15 is 0 Å². The molecule has 2 fully saturated rings. The molecule has 2 aliphatic heterocycles. The molecule has 1 amide bonds. The summed E-state index contributed by atoms with van der Waals surface area (Å²) in [5, 5.41) is 0. The van der Waals surface area contributed by atoms with Gasteiger partial charge < -0.3 is 14.1 Å². The van der Waals surface area contributed by atoms with E-state index < -0.39 is 0 Å². The fourth-order valence-electron chi connectivity index (χ4n) is 3.72. The molecule has 140 valence electrons. The highest BCUT2D eigenvalue weighted by molar-refractivity contribution is 5.91. The van der Waals surface area contributed by atoms with Crippen molar-refractivity contribution in [1.29, 1.82) is 0 Å². The van der Waals surface area contributed by atoms with Crippen molar-refractivity contribution in [3.63, 3.8) is 0 Å². The molecule has 0 unspecified atom stereocenters. The number of carbonyl (C=O) groups is 1. The Morgan fingerprint density at radius 1 is 1.24 bits per heavy atom. The van der Waals surface area contributed by atoms with Crippen molar-refractivity contribution in [2.75, 3.05) is 32.8 Å². The van der Waals surface area contributed by atoms with Crippen LogP contribution in [0.4, 0.5) is 0 Å². The lowest BCUT2D eigenvalue weighted by molar-refractivity contribution is 0.00107. The highest BCUT2D eigenvalue weighted by atomic mass is 16.5. The normalized spacial score (nSPS) is 23.1. The predicted molar refractivity (Wildman–Crippen MR) is 97.6 cm³/mol. The third kappa shape index (κ3) is 5.08. The number of ether oxygens (including phenoxy) is 1. The van der Waals surface area contributed by atoms with Crippen molar-refractivity contribution in [2.24, 2.45) is 5.92 Å². The molecule has 3 rings (SSSR count). The topological polar surface area (TPSA) is 45.9 Å². The Hall–Kier alpha value is -1.33. The van der Waals surface area contributed by atoms with Gasteiger partial charge in [-0.25, -0.2) is 0 Å². The van der Waals surface area contributed by atoms with Crippen molar-refractivity contribution in [3.8, 4) is 0 Å². The molecule has 0 aliphatic carbocycles. The second kappa shape index (κ2) is 8.86. The minimum Gasteiger partial charge on any atom is -0.455 e. The van der Waals surface area contributed by atoms with Crippen LogP contribution < -0.4 is 0 Å². The molecule has 1 aromatic heterocycles. The van der Waals surface area contributed by atoms with Gasteiger partial charge in [-0.3, -0.25) is 9.69 Å². The second-order valence-corrected chi connectivity index (χ2v) is 7.61. The van der Waals surface area contributed by atoms with Gasteiger partial charge in [0.25, 0.3) is 5.91 Å². The number of furan rings is 1. The van der Waals surface area contributed by atoms with Gasteiger partial charge >= 0.3 is 0 Å². The van der Waals surface area contributed by atoms with Crippen LogP contribution in [0, 0.1) is 5.92 Å². The van der Waals surface area contributed by atoms with Crippen LogP contribution in [0.5, 0.6) is 0 Å². The zero-order chi connectivity index (χ0) is 17.6. The molecule has 0 radical (unpaired) electrons. The van der Waals surface area contributed by atoms with Crippen LogP contribution in [0.1, 0.15) is 62.3 Å². The van der Waals surface area contributed by atoms with E-state index in [1.165, 1.54) is 12.8 Å². The third-order valence-corrected chi connectivity index (χ3v) is 5.35. The monoisotopic (exact) mass is 348 g/mol. The van der Waals surface area contributed by atoms with Crippen LogP contribution in [0.2, 0.25) is 0 Å². The molecule has 1 atom stereocenters. The van der Waals surface area contributed by atoms with E-state index in [2.05, 4.69) is 18.7 Å². The maximum Gasteiger partial charge on any atom is 0.289 e. The lowest BCUT2D eigenvalue weighted by Crippen LogP contribution is -2.43. The Kier molecular flexibility index (Phi) is 6.54. The Labute approximate surface area is 151 Å². The molecule has 0 bridgehead atoms. The molecule has 5 nitrogen and oxygen atoms in total. The average molecular weight is 348 g/mol. The molecule has 0 N–H and O–H groups in total. The van der Waals surface area contributed by atoms with Crippen LogP contribution in [-0.2, 0) is 11.3 Å². The Balaban J connectivity index is 1.53. The molecule has 25 heavy (non-hydrogen) atoms. The zero-order valence-corrected chi connectivity index (χ0v) is 15.7. The van der Waals surface area contributed by atoms with Crippen LogP contribution in [0.15, 0.2) is 16.5 Å². The Morgan fingerprint density at radius 3 is 2.80 bits per heavy atom. The number of piperidine rings is 2. The van der Waals surface area contributed by atoms with Gasteiger partial charge in [0.2, 0.25) is 0 Å². The minimum atomic E-state index is 0.00307. The van der Waals surface area contributed by atoms with Crippen molar-refractivity contribution < 1.29 is 13.9 Å². The van der Waals surface area contributed by atoms with Gasteiger partial charge in [-0.2, -0.15) is 0 Å². The van der Waals surface area contributed by atoms with Crippen molar-refractivity contribution >= 4 is 5.91 Å². The predicted octanol–water partition coefficient (Wildman–Crippen LogP) is 3.54. The summed E-state index contributed by atoms with van der Waals surface area (Å²) >= 11 is 0. The van der Waals surface area contributed by atoms with Gasteiger partial charge in [0.15, 0.2) is 5.76 Å². The summed E-state index contributed by atoms with van der Waals surface area (Å²) in [5.74, 6) is 2.19. The quantitative estimate of drug-likeness (QED) is 0.789. The summed E-state index contributed by atoms with van der Waals surface area (Å²) in [6, 6.07) is 3.79. The van der Waals surface area contributed by atoms with Gasteiger partial charge in [0.1, 0.15) is 5.76 Å². The number of rotatable bonds is 6. The summed E-state index contributed by atoms with van der Waals surface area (Å²) in [7, 11) is 0. The molecule has 2 saturated heterocycles. The lowest BCUT2D eigenvalue weighted by Gasteiger charge is -2.32. The molecule has 0 spiro atoms. The Bertz CT molecular complexity index is 549. The SMILES string of the molecule is CCCO[C@@H]1CCCN(C(=O)c2ccc(CN3CCC(C)CC3)o2)C1. The smallest absolute Gasteiger partial charge is 0.289 e. The van der Waals surface area contributed by atoms with Crippen LogP contribution in [0.3, 0.4) is 0 Å². The van der Waals surface area contributed by atoms with E-state index in [9.17, 15) is 4.79 Å². The molecular formula is C20H32N2O3. The molecule has 0 aromatic carbocycles. The molecule has 3 heterocycles. The maximum atomic E-state index is 12.7. The van der Waals surface area contributed by atoms with Crippen LogP contribution in [-0.4, -0.2) is 54.6 Å². The lowest BCUT2D eigenvalue weighted by atomic mass is 9.99. The number of nitrogens with zero attached hydrogens (tertiary/aromatic N) is 2. The molecule has 2 aliphatic rings. The number of amides is 1. The molecular weight excluding hydrogens is 316 g/mol. The summed E-state index contributed by atoms with van der Waals surface area (Å²) in [6.07, 6.45) is 5.72. The number of hydrogen-bond donors (Lipinski definition) is 0. The van der Waals surface area contributed by atoms with E-state index in [4.69, 9.17) is 9.15 Å². The summed E-state index contributed by atoms with van der Waals surface area (Å²) in [4.78, 5) is 17.0. The van der Waals surface area contributed by atoms with Gasteiger partial charge in [0.05, 0.1) is 12.6 Å². The third-order valence-electron chi connectivity index (χ3n) is 5.35. The number of likely N-dealkylation sites (tertiary alicyclic amines) is 2. The van der Waals surface area contributed by atoms with Crippen LogP contribution in [0.25, 0.3) is 0 Å².